The van der Waals surface area contributed by atoms with Crippen LogP contribution in [0.1, 0.15) is 78.6 Å². The molecule has 5 fully saturated rings. The van der Waals surface area contributed by atoms with E-state index < -0.39 is 47.7 Å². The van der Waals surface area contributed by atoms with Gasteiger partial charge in [0.2, 0.25) is 0 Å². The minimum absolute atomic E-state index is 0.0482. The minimum Gasteiger partial charge on any atom is -0.481 e. The normalized spacial score (nSPS) is 48.9. The summed E-state index contributed by atoms with van der Waals surface area (Å²) in [5.74, 6) is -0.682. The van der Waals surface area contributed by atoms with E-state index >= 15 is 0 Å². The van der Waals surface area contributed by atoms with Gasteiger partial charge in [0.1, 0.15) is 31.2 Å². The van der Waals surface area contributed by atoms with Crippen LogP contribution in [0.3, 0.4) is 0 Å². The highest BCUT2D eigenvalue weighted by Gasteiger charge is 2.68. The molecule has 11 heteroatoms. The Bertz CT molecular complexity index is 1100. The summed E-state index contributed by atoms with van der Waals surface area (Å²) in [7, 11) is 1.46. The second-order valence-corrected chi connectivity index (χ2v) is 14.0. The predicted octanol–water partition coefficient (Wildman–Crippen LogP) is 2.38. The lowest BCUT2D eigenvalue weighted by Crippen LogP contribution is -2.63. The van der Waals surface area contributed by atoms with Crippen molar-refractivity contribution in [1.29, 1.82) is 0 Å². The van der Waals surface area contributed by atoms with Crippen molar-refractivity contribution in [3.05, 3.63) is 11.6 Å². The molecule has 6 aliphatic rings. The Morgan fingerprint density at radius 1 is 1.07 bits per heavy atom. The molecule has 0 aromatic carbocycles. The van der Waals surface area contributed by atoms with Crippen molar-refractivity contribution in [2.75, 3.05) is 13.7 Å². The quantitative estimate of drug-likeness (QED) is 0.205. The zero-order valence-corrected chi connectivity index (χ0v) is 25.6. The van der Waals surface area contributed by atoms with E-state index in [4.69, 9.17) is 28.8 Å². The van der Waals surface area contributed by atoms with Crippen molar-refractivity contribution >= 4 is 18.2 Å². The first-order valence-electron chi connectivity index (χ1n) is 15.8. The van der Waals surface area contributed by atoms with Crippen molar-refractivity contribution in [2.45, 2.75) is 121 Å². The molecule has 2 aliphatic heterocycles. The van der Waals surface area contributed by atoms with Crippen LogP contribution in [0.25, 0.3) is 0 Å². The van der Waals surface area contributed by atoms with Crippen LogP contribution in [-0.4, -0.2) is 94.8 Å². The summed E-state index contributed by atoms with van der Waals surface area (Å²) in [6.45, 7) is 5.34. The number of carboxylic acid groups (broad SMARTS) is 1. The lowest BCUT2D eigenvalue weighted by molar-refractivity contribution is -0.312. The third-order valence-corrected chi connectivity index (χ3v) is 12.1. The highest BCUT2D eigenvalue weighted by molar-refractivity contribution is 5.85. The lowest BCUT2D eigenvalue weighted by atomic mass is 9.43. The average Bonchev–Trinajstić information content (AvgIpc) is 3.51. The number of hydrogen-bond donors (Lipinski definition) is 4. The van der Waals surface area contributed by atoms with Gasteiger partial charge in [-0.3, -0.25) is 4.79 Å². The average molecular weight is 609 g/mol. The molecule has 13 atom stereocenters. The maximum absolute atomic E-state index is 13.0. The third-order valence-electron chi connectivity index (χ3n) is 12.1. The lowest BCUT2D eigenvalue weighted by Gasteiger charge is -2.63. The van der Waals surface area contributed by atoms with Gasteiger partial charge >= 0.3 is 5.97 Å². The Balaban J connectivity index is 0.000000868. The second kappa shape index (κ2) is 12.1. The van der Waals surface area contributed by atoms with Crippen LogP contribution < -0.4 is 0 Å². The van der Waals surface area contributed by atoms with Crippen molar-refractivity contribution in [3.8, 4) is 0 Å². The summed E-state index contributed by atoms with van der Waals surface area (Å²) in [5.41, 5.74) is -0.682. The van der Waals surface area contributed by atoms with Crippen molar-refractivity contribution in [3.63, 3.8) is 0 Å². The molecule has 242 valence electrons. The summed E-state index contributed by atoms with van der Waals surface area (Å²) in [6, 6.07) is 0. The molecule has 4 saturated carbocycles. The SMILES string of the molecule is CC(=O)O.COC1C(O)C(C)OC(OC2CCC3(C=O)C(CCC4C3CCC3(C)C(C5=CC(=O)OC5)CCC43O)C2)C1O. The van der Waals surface area contributed by atoms with Crippen LogP contribution in [0.4, 0.5) is 0 Å². The van der Waals surface area contributed by atoms with Crippen molar-refractivity contribution in [2.24, 2.45) is 34.5 Å². The molecule has 0 radical (unpaired) electrons. The Morgan fingerprint density at radius 3 is 2.42 bits per heavy atom. The largest absolute Gasteiger partial charge is 0.481 e. The molecule has 6 rings (SSSR count). The summed E-state index contributed by atoms with van der Waals surface area (Å²) >= 11 is 0. The van der Waals surface area contributed by atoms with Gasteiger partial charge in [0, 0.05) is 30.9 Å². The summed E-state index contributed by atoms with van der Waals surface area (Å²) in [5, 5.41) is 40.8. The molecular formula is C32H48O11. The predicted molar refractivity (Wildman–Crippen MR) is 151 cm³/mol. The van der Waals surface area contributed by atoms with Gasteiger partial charge in [0.15, 0.2) is 6.29 Å². The number of aliphatic hydroxyl groups excluding tert-OH is 2. The molecule has 13 unspecified atom stereocenters. The number of ether oxygens (including phenoxy) is 4. The van der Waals surface area contributed by atoms with Gasteiger partial charge in [-0.1, -0.05) is 6.92 Å². The molecule has 43 heavy (non-hydrogen) atoms. The Kier molecular flexibility index (Phi) is 9.17. The van der Waals surface area contributed by atoms with Crippen LogP contribution in [-0.2, 0) is 33.3 Å². The molecule has 0 amide bonds. The number of hydrogen-bond acceptors (Lipinski definition) is 10. The number of cyclic esters (lactones) is 1. The Hall–Kier alpha value is -1.89. The molecule has 4 N–H and O–H groups in total. The van der Waals surface area contributed by atoms with Gasteiger partial charge in [-0.05, 0) is 94.0 Å². The van der Waals surface area contributed by atoms with Crippen LogP contribution in [0.15, 0.2) is 11.6 Å². The fraction of sp³-hybridized carbons (Fsp3) is 0.844. The first-order valence-corrected chi connectivity index (χ1v) is 15.8. The van der Waals surface area contributed by atoms with Gasteiger partial charge in [-0.25, -0.2) is 4.79 Å². The van der Waals surface area contributed by atoms with Crippen LogP contribution in [0.2, 0.25) is 0 Å². The number of carbonyl (C=O) groups is 3. The number of aldehydes is 1. The zero-order valence-electron chi connectivity index (χ0n) is 25.6. The van der Waals surface area contributed by atoms with Gasteiger partial charge in [-0.15, -0.1) is 0 Å². The van der Waals surface area contributed by atoms with Gasteiger partial charge in [0.05, 0.1) is 17.8 Å². The van der Waals surface area contributed by atoms with E-state index in [1.807, 2.05) is 0 Å². The summed E-state index contributed by atoms with van der Waals surface area (Å²) in [6.07, 6.45) is 5.39. The zero-order chi connectivity index (χ0) is 31.3. The van der Waals surface area contributed by atoms with Crippen LogP contribution in [0, 0.1) is 34.5 Å². The summed E-state index contributed by atoms with van der Waals surface area (Å²) in [4.78, 5) is 33.8. The molecule has 4 aliphatic carbocycles. The standard InChI is InChI=1S/C30H44O9.C2H4O2/c1-16-24(33)26(36-3)25(34)27(38-16)39-19-6-10-29(15-31)18(13-19)4-5-22-21(29)7-9-28(2)20(8-11-30(22,28)35)17-12-23(32)37-14-17;1-2(3)4/h12,15-16,18-22,24-27,33-35H,4-11,13-14H2,1-3H3;1H3,(H,3,4). The molecule has 0 spiro atoms. The maximum atomic E-state index is 13.0. The molecule has 0 aromatic heterocycles. The number of fused-ring (bicyclic) bond motifs is 5. The second-order valence-electron chi connectivity index (χ2n) is 14.0. The van der Waals surface area contributed by atoms with Gasteiger partial charge in [-0.2, -0.15) is 0 Å². The Labute approximate surface area is 252 Å². The first kappa shape index (κ1) is 32.5. The number of aliphatic carboxylic acids is 1. The fourth-order valence-corrected chi connectivity index (χ4v) is 10.00. The Morgan fingerprint density at radius 2 is 1.79 bits per heavy atom. The highest BCUT2D eigenvalue weighted by atomic mass is 16.7. The van der Waals surface area contributed by atoms with Gasteiger partial charge < -0.3 is 44.2 Å². The fourth-order valence-electron chi connectivity index (χ4n) is 10.00. The highest BCUT2D eigenvalue weighted by Crippen LogP contribution is 2.69. The number of carbonyl (C=O) groups excluding carboxylic acids is 2. The number of esters is 1. The first-order chi connectivity index (χ1) is 20.3. The smallest absolute Gasteiger partial charge is 0.331 e. The van der Waals surface area contributed by atoms with E-state index in [1.54, 1.807) is 13.0 Å². The van der Waals surface area contributed by atoms with Crippen LogP contribution in [0.5, 0.6) is 0 Å². The topological polar surface area (TPSA) is 169 Å². The molecule has 1 saturated heterocycles. The molecule has 11 nitrogen and oxygen atoms in total. The molecule has 0 aromatic rings. The van der Waals surface area contributed by atoms with E-state index in [9.17, 15) is 24.9 Å². The number of carboxylic acids is 1. The minimum atomic E-state index is -1.11. The number of aliphatic hydroxyl groups is 3. The molecule has 0 bridgehead atoms. The van der Waals surface area contributed by atoms with Crippen LogP contribution >= 0.6 is 0 Å². The monoisotopic (exact) mass is 608 g/mol. The third kappa shape index (κ3) is 5.37. The molecular weight excluding hydrogens is 560 g/mol. The van der Waals surface area contributed by atoms with E-state index in [0.717, 1.165) is 44.6 Å². The van der Waals surface area contributed by atoms with Crippen molar-refractivity contribution < 1.29 is 53.8 Å². The summed E-state index contributed by atoms with van der Waals surface area (Å²) < 4.78 is 22.6. The van der Waals surface area contributed by atoms with E-state index in [-0.39, 0.29) is 41.2 Å². The van der Waals surface area contributed by atoms with E-state index in [2.05, 4.69) is 6.92 Å². The van der Waals surface area contributed by atoms with Crippen molar-refractivity contribution in [1.82, 2.24) is 0 Å². The van der Waals surface area contributed by atoms with Gasteiger partial charge in [0.25, 0.3) is 5.97 Å². The van der Waals surface area contributed by atoms with E-state index in [1.165, 1.54) is 13.4 Å². The number of rotatable bonds is 5. The van der Waals surface area contributed by atoms with E-state index in [0.29, 0.717) is 32.3 Å². The number of methoxy groups -OCH3 is 1. The maximum Gasteiger partial charge on any atom is 0.331 e. The molecule has 2 heterocycles.